The number of ether oxygens (including phenoxy) is 1. The van der Waals surface area contributed by atoms with Crippen LogP contribution >= 0.6 is 0 Å². The molecule has 0 heterocycles. The van der Waals surface area contributed by atoms with Crippen LogP contribution in [0, 0.1) is 5.82 Å². The van der Waals surface area contributed by atoms with E-state index in [0.29, 0.717) is 18.4 Å². The molecule has 0 unspecified atom stereocenters. The Bertz CT molecular complexity index is 673. The molecular weight excluding hydrogens is 273 g/mol. The van der Waals surface area contributed by atoms with E-state index >= 15 is 0 Å². The molecule has 0 spiro atoms. The summed E-state index contributed by atoms with van der Waals surface area (Å²) in [4.78, 5) is 13.6. The Hall–Kier alpha value is -1.72. The highest BCUT2D eigenvalue weighted by Gasteiger charge is 2.46. The average molecular weight is 285 g/mol. The highest BCUT2D eigenvalue weighted by molar-refractivity contribution is 7.90. The van der Waals surface area contributed by atoms with Gasteiger partial charge in [0.15, 0.2) is 9.84 Å². The van der Waals surface area contributed by atoms with Crippen molar-refractivity contribution in [3.63, 3.8) is 0 Å². The summed E-state index contributed by atoms with van der Waals surface area (Å²) in [7, 11) is -2.48. The van der Waals surface area contributed by atoms with Gasteiger partial charge in [0.2, 0.25) is 6.08 Å². The van der Waals surface area contributed by atoms with Crippen LogP contribution in [0.5, 0.6) is 5.75 Å². The summed E-state index contributed by atoms with van der Waals surface area (Å²) in [6, 6.07) is 2.50. The summed E-state index contributed by atoms with van der Waals surface area (Å²) in [6.45, 7) is 0. The third-order valence-corrected chi connectivity index (χ3v) is 4.26. The Balaban J connectivity index is 2.64. The number of rotatable bonds is 4. The van der Waals surface area contributed by atoms with Crippen molar-refractivity contribution in [1.82, 2.24) is 0 Å². The first kappa shape index (κ1) is 13.7. The Morgan fingerprint density at radius 3 is 2.47 bits per heavy atom. The molecule has 0 aromatic heterocycles. The third kappa shape index (κ3) is 2.39. The van der Waals surface area contributed by atoms with Gasteiger partial charge in [-0.3, -0.25) is 0 Å². The van der Waals surface area contributed by atoms with Gasteiger partial charge in [-0.1, -0.05) is 0 Å². The van der Waals surface area contributed by atoms with Crippen LogP contribution < -0.4 is 4.74 Å². The topological polar surface area (TPSA) is 72.8 Å². The van der Waals surface area contributed by atoms with Crippen LogP contribution in [0.1, 0.15) is 18.4 Å². The van der Waals surface area contributed by atoms with E-state index in [0.717, 1.165) is 12.3 Å². The van der Waals surface area contributed by atoms with E-state index in [1.54, 1.807) is 0 Å². The molecular formula is C12H12FNO4S. The van der Waals surface area contributed by atoms with Crippen LogP contribution in [0.25, 0.3) is 0 Å². The number of halogens is 1. The highest BCUT2D eigenvalue weighted by atomic mass is 32.2. The summed E-state index contributed by atoms with van der Waals surface area (Å²) in [5.74, 6) is -0.978. The zero-order chi connectivity index (χ0) is 14.3. The van der Waals surface area contributed by atoms with Crippen LogP contribution in [0.4, 0.5) is 4.39 Å². The minimum absolute atomic E-state index is 0.0788. The predicted molar refractivity (Wildman–Crippen MR) is 65.1 cm³/mol. The van der Waals surface area contributed by atoms with E-state index in [-0.39, 0.29) is 5.75 Å². The van der Waals surface area contributed by atoms with Crippen LogP contribution in [0.3, 0.4) is 0 Å². The van der Waals surface area contributed by atoms with Gasteiger partial charge in [-0.15, -0.1) is 0 Å². The lowest BCUT2D eigenvalue weighted by Gasteiger charge is -2.13. The fourth-order valence-electron chi connectivity index (χ4n) is 2.02. The van der Waals surface area contributed by atoms with Gasteiger partial charge in [0.25, 0.3) is 0 Å². The zero-order valence-corrected chi connectivity index (χ0v) is 11.3. The summed E-state index contributed by atoms with van der Waals surface area (Å²) in [5.41, 5.74) is -0.344. The number of aliphatic imine (C=N–C) groups is 1. The van der Waals surface area contributed by atoms with E-state index in [4.69, 9.17) is 4.74 Å². The van der Waals surface area contributed by atoms with Crippen molar-refractivity contribution in [3.05, 3.63) is 23.5 Å². The molecule has 1 saturated carbocycles. The van der Waals surface area contributed by atoms with Crippen molar-refractivity contribution < 1.29 is 22.3 Å². The Morgan fingerprint density at radius 2 is 2.05 bits per heavy atom. The first-order valence-corrected chi connectivity index (χ1v) is 7.40. The molecule has 0 bridgehead atoms. The molecule has 1 aromatic carbocycles. The van der Waals surface area contributed by atoms with Gasteiger partial charge in [0.1, 0.15) is 16.5 Å². The maximum Gasteiger partial charge on any atom is 0.235 e. The molecule has 0 N–H and O–H groups in total. The molecule has 0 radical (unpaired) electrons. The fraction of sp³-hybridized carbons (Fsp3) is 0.417. The fourth-order valence-corrected chi connectivity index (χ4v) is 2.94. The number of hydrogen-bond donors (Lipinski definition) is 0. The predicted octanol–water partition coefficient (Wildman–Crippen LogP) is 1.56. The molecule has 1 aromatic rings. The lowest BCUT2D eigenvalue weighted by molar-refractivity contribution is 0.393. The van der Waals surface area contributed by atoms with E-state index in [2.05, 4.69) is 4.99 Å². The van der Waals surface area contributed by atoms with Gasteiger partial charge in [-0.25, -0.2) is 17.6 Å². The Labute approximate surface area is 110 Å². The van der Waals surface area contributed by atoms with Crippen LogP contribution in [0.15, 0.2) is 22.0 Å². The molecule has 2 rings (SSSR count). The minimum Gasteiger partial charge on any atom is -0.495 e. The summed E-state index contributed by atoms with van der Waals surface area (Å²) < 4.78 is 42.0. The molecule has 0 saturated heterocycles. The van der Waals surface area contributed by atoms with Gasteiger partial charge < -0.3 is 4.74 Å². The summed E-state index contributed by atoms with van der Waals surface area (Å²) in [6.07, 6.45) is 3.57. The second kappa shape index (κ2) is 4.43. The normalized spacial score (nSPS) is 16.6. The standard InChI is InChI=1S/C12H12FNO4S/c1-18-10-6-8(12(3-4-12)14-7-15)5-9(13)11(10)19(2,16)17/h5-6H,3-4H2,1-2H3. The van der Waals surface area contributed by atoms with Crippen molar-refractivity contribution in [2.45, 2.75) is 23.3 Å². The van der Waals surface area contributed by atoms with Crippen molar-refractivity contribution in [2.75, 3.05) is 13.4 Å². The maximum absolute atomic E-state index is 14.0. The van der Waals surface area contributed by atoms with Crippen molar-refractivity contribution in [3.8, 4) is 5.75 Å². The molecule has 102 valence electrons. The second-order valence-corrected chi connectivity index (χ2v) is 6.45. The smallest absolute Gasteiger partial charge is 0.235 e. The first-order valence-electron chi connectivity index (χ1n) is 5.51. The molecule has 1 fully saturated rings. The van der Waals surface area contributed by atoms with Gasteiger partial charge >= 0.3 is 0 Å². The molecule has 0 amide bonds. The van der Waals surface area contributed by atoms with Gasteiger partial charge in [0, 0.05) is 6.26 Å². The quantitative estimate of drug-likeness (QED) is 0.621. The Morgan fingerprint density at radius 1 is 1.42 bits per heavy atom. The number of nitrogens with zero attached hydrogens (tertiary/aromatic N) is 1. The van der Waals surface area contributed by atoms with Crippen molar-refractivity contribution in [2.24, 2.45) is 4.99 Å². The number of isocyanates is 1. The zero-order valence-electron chi connectivity index (χ0n) is 10.4. The monoisotopic (exact) mass is 285 g/mol. The van der Waals surface area contributed by atoms with Crippen LogP contribution in [-0.4, -0.2) is 27.9 Å². The van der Waals surface area contributed by atoms with E-state index in [1.165, 1.54) is 19.3 Å². The number of benzene rings is 1. The number of carbonyl (C=O) groups excluding carboxylic acids is 1. The third-order valence-electron chi connectivity index (χ3n) is 3.12. The van der Waals surface area contributed by atoms with Gasteiger partial charge in [-0.05, 0) is 30.5 Å². The van der Waals surface area contributed by atoms with Crippen LogP contribution in [0.2, 0.25) is 0 Å². The molecule has 1 aliphatic rings. The second-order valence-electron chi connectivity index (χ2n) is 4.50. The first-order chi connectivity index (χ1) is 8.84. The Kier molecular flexibility index (Phi) is 3.20. The van der Waals surface area contributed by atoms with E-state index in [9.17, 15) is 17.6 Å². The lowest BCUT2D eigenvalue weighted by atomic mass is 10.1. The number of sulfone groups is 1. The number of hydrogen-bond acceptors (Lipinski definition) is 5. The molecule has 0 atom stereocenters. The molecule has 0 aliphatic heterocycles. The largest absolute Gasteiger partial charge is 0.495 e. The van der Waals surface area contributed by atoms with Crippen molar-refractivity contribution >= 4 is 15.9 Å². The van der Waals surface area contributed by atoms with E-state index in [1.807, 2.05) is 0 Å². The summed E-state index contributed by atoms with van der Waals surface area (Å²) in [5, 5.41) is 0. The maximum atomic E-state index is 14.0. The van der Waals surface area contributed by atoms with Crippen molar-refractivity contribution in [1.29, 1.82) is 0 Å². The minimum atomic E-state index is -3.74. The number of methoxy groups -OCH3 is 1. The molecule has 19 heavy (non-hydrogen) atoms. The van der Waals surface area contributed by atoms with Gasteiger partial charge in [0.05, 0.1) is 12.6 Å². The lowest BCUT2D eigenvalue weighted by Crippen LogP contribution is -2.09. The molecule has 5 nitrogen and oxygen atoms in total. The average Bonchev–Trinajstić information content (AvgIpc) is 3.07. The highest BCUT2D eigenvalue weighted by Crippen LogP contribution is 2.50. The van der Waals surface area contributed by atoms with E-state index < -0.39 is 26.1 Å². The SMILES string of the molecule is COc1cc(C2(N=C=O)CC2)cc(F)c1S(C)(=O)=O. The molecule has 7 heteroatoms. The van der Waals surface area contributed by atoms with Gasteiger partial charge in [-0.2, -0.15) is 4.99 Å². The molecule has 1 aliphatic carbocycles. The summed E-state index contributed by atoms with van der Waals surface area (Å²) >= 11 is 0. The van der Waals surface area contributed by atoms with Crippen LogP contribution in [-0.2, 0) is 20.2 Å².